The number of aromatic nitrogens is 2. The summed E-state index contributed by atoms with van der Waals surface area (Å²) in [5.41, 5.74) is 4.24. The van der Waals surface area contributed by atoms with E-state index in [1.54, 1.807) is 6.07 Å². The van der Waals surface area contributed by atoms with Gasteiger partial charge in [0.25, 0.3) is 5.91 Å². The third kappa shape index (κ3) is 3.03. The molecular weight excluding hydrogens is 379 g/mol. The molecule has 0 fully saturated rings. The van der Waals surface area contributed by atoms with Crippen LogP contribution in [-0.2, 0) is 4.79 Å². The van der Waals surface area contributed by atoms with E-state index < -0.39 is 6.04 Å². The zero-order chi connectivity index (χ0) is 20.7. The smallest absolute Gasteiger partial charge is 0.255 e. The normalized spacial score (nSPS) is 15.6. The standard InChI is InChI=1S/C24H19FN4O/c1-15-21(23(30)27-18-10-3-2-4-11-18)22(16-8-7-9-17(25)14-16)29-20-13-6-5-12-19(20)28-24(29)26-15/h2-14,22H,1H3,(H,26,28)(H,27,30)/t22-/m1/s1. The molecule has 3 aromatic carbocycles. The van der Waals surface area contributed by atoms with Crippen LogP contribution in [0.15, 0.2) is 90.1 Å². The van der Waals surface area contributed by atoms with Gasteiger partial charge in [-0.05, 0) is 48.9 Å². The van der Waals surface area contributed by atoms with Crippen LogP contribution >= 0.6 is 0 Å². The summed E-state index contributed by atoms with van der Waals surface area (Å²) in [5, 5.41) is 6.22. The van der Waals surface area contributed by atoms with Gasteiger partial charge in [0.2, 0.25) is 5.95 Å². The summed E-state index contributed by atoms with van der Waals surface area (Å²) < 4.78 is 16.1. The van der Waals surface area contributed by atoms with Gasteiger partial charge in [0.1, 0.15) is 5.82 Å². The number of halogens is 1. The second kappa shape index (κ2) is 7.15. The highest BCUT2D eigenvalue weighted by molar-refractivity contribution is 6.06. The maximum atomic E-state index is 14.2. The Labute approximate surface area is 172 Å². The summed E-state index contributed by atoms with van der Waals surface area (Å²) in [4.78, 5) is 18.0. The van der Waals surface area contributed by atoms with E-state index in [-0.39, 0.29) is 11.7 Å². The monoisotopic (exact) mass is 398 g/mol. The lowest BCUT2D eigenvalue weighted by Gasteiger charge is -2.30. The average Bonchev–Trinajstić information content (AvgIpc) is 3.11. The van der Waals surface area contributed by atoms with Crippen molar-refractivity contribution in [1.82, 2.24) is 9.55 Å². The molecule has 1 atom stereocenters. The minimum Gasteiger partial charge on any atom is -0.329 e. The van der Waals surface area contributed by atoms with Gasteiger partial charge in [0, 0.05) is 11.4 Å². The van der Waals surface area contributed by atoms with Crippen molar-refractivity contribution in [1.29, 1.82) is 0 Å². The van der Waals surface area contributed by atoms with E-state index in [9.17, 15) is 9.18 Å². The number of hydrogen-bond acceptors (Lipinski definition) is 3. The lowest BCUT2D eigenvalue weighted by atomic mass is 9.94. The van der Waals surface area contributed by atoms with Crippen molar-refractivity contribution in [3.63, 3.8) is 0 Å². The van der Waals surface area contributed by atoms with Gasteiger partial charge in [-0.3, -0.25) is 9.36 Å². The molecule has 5 nitrogen and oxygen atoms in total. The third-order valence-corrected chi connectivity index (χ3v) is 5.27. The third-order valence-electron chi connectivity index (χ3n) is 5.27. The number of carbonyl (C=O) groups is 1. The molecule has 1 aliphatic rings. The van der Waals surface area contributed by atoms with E-state index in [0.29, 0.717) is 28.5 Å². The number of anilines is 2. The van der Waals surface area contributed by atoms with Crippen molar-refractivity contribution in [2.24, 2.45) is 0 Å². The summed E-state index contributed by atoms with van der Waals surface area (Å²) in [7, 11) is 0. The first kappa shape index (κ1) is 18.1. The fourth-order valence-electron chi connectivity index (χ4n) is 3.97. The molecule has 0 saturated heterocycles. The number of nitrogens with zero attached hydrogens (tertiary/aromatic N) is 2. The summed E-state index contributed by atoms with van der Waals surface area (Å²) in [6, 6.07) is 22.8. The quantitative estimate of drug-likeness (QED) is 0.505. The van der Waals surface area contributed by atoms with Gasteiger partial charge in [0.15, 0.2) is 0 Å². The van der Waals surface area contributed by atoms with Crippen LogP contribution in [0, 0.1) is 5.82 Å². The van der Waals surface area contributed by atoms with Crippen LogP contribution in [-0.4, -0.2) is 15.5 Å². The summed E-state index contributed by atoms with van der Waals surface area (Å²) in [6.07, 6.45) is 0. The first-order valence-corrected chi connectivity index (χ1v) is 9.68. The fraction of sp³-hybridized carbons (Fsp3) is 0.0833. The molecule has 2 N–H and O–H groups in total. The first-order chi connectivity index (χ1) is 14.6. The van der Waals surface area contributed by atoms with Crippen LogP contribution in [0.2, 0.25) is 0 Å². The number of carbonyl (C=O) groups excluding carboxylic acids is 1. The van der Waals surface area contributed by atoms with E-state index in [1.807, 2.05) is 72.2 Å². The number of rotatable bonds is 3. The van der Waals surface area contributed by atoms with Crippen LogP contribution in [0.5, 0.6) is 0 Å². The number of para-hydroxylation sites is 3. The van der Waals surface area contributed by atoms with Crippen molar-refractivity contribution < 1.29 is 9.18 Å². The summed E-state index contributed by atoms with van der Waals surface area (Å²) in [6.45, 7) is 1.84. The maximum Gasteiger partial charge on any atom is 0.255 e. The van der Waals surface area contributed by atoms with E-state index >= 15 is 0 Å². The molecule has 0 bridgehead atoms. The van der Waals surface area contributed by atoms with Gasteiger partial charge in [0.05, 0.1) is 22.6 Å². The number of fused-ring (bicyclic) bond motifs is 3. The average molecular weight is 398 g/mol. The molecule has 2 heterocycles. The number of hydrogen-bond donors (Lipinski definition) is 2. The van der Waals surface area contributed by atoms with Crippen molar-refractivity contribution in [2.45, 2.75) is 13.0 Å². The number of benzene rings is 3. The second-order valence-corrected chi connectivity index (χ2v) is 7.24. The second-order valence-electron chi connectivity index (χ2n) is 7.24. The minimum atomic E-state index is -0.520. The molecule has 0 radical (unpaired) electrons. The number of nitrogens with one attached hydrogen (secondary N) is 2. The van der Waals surface area contributed by atoms with Gasteiger partial charge >= 0.3 is 0 Å². The van der Waals surface area contributed by atoms with E-state index in [1.165, 1.54) is 12.1 Å². The molecule has 0 saturated carbocycles. The van der Waals surface area contributed by atoms with E-state index in [4.69, 9.17) is 0 Å². The molecule has 1 amide bonds. The Morgan fingerprint density at radius 3 is 2.60 bits per heavy atom. The highest BCUT2D eigenvalue weighted by Gasteiger charge is 2.34. The van der Waals surface area contributed by atoms with Gasteiger partial charge in [-0.25, -0.2) is 9.37 Å². The predicted octanol–water partition coefficient (Wildman–Crippen LogP) is 5.10. The molecule has 1 aliphatic heterocycles. The van der Waals surface area contributed by atoms with Crippen molar-refractivity contribution in [3.05, 3.63) is 102 Å². The Bertz CT molecular complexity index is 1290. The number of amides is 1. The lowest BCUT2D eigenvalue weighted by molar-refractivity contribution is -0.113. The van der Waals surface area contributed by atoms with Gasteiger partial charge < -0.3 is 10.6 Å². The minimum absolute atomic E-state index is 0.246. The van der Waals surface area contributed by atoms with Gasteiger partial charge in [-0.2, -0.15) is 0 Å². The van der Waals surface area contributed by atoms with E-state index in [2.05, 4.69) is 15.6 Å². The Hall–Kier alpha value is -3.93. The van der Waals surface area contributed by atoms with E-state index in [0.717, 1.165) is 11.0 Å². The highest BCUT2D eigenvalue weighted by atomic mass is 19.1. The predicted molar refractivity (Wildman–Crippen MR) is 116 cm³/mol. The van der Waals surface area contributed by atoms with Crippen molar-refractivity contribution >= 4 is 28.6 Å². The Morgan fingerprint density at radius 1 is 1.03 bits per heavy atom. The molecule has 4 aromatic rings. The molecule has 0 spiro atoms. The molecule has 148 valence electrons. The van der Waals surface area contributed by atoms with Crippen LogP contribution in [0.1, 0.15) is 18.5 Å². The van der Waals surface area contributed by atoms with Crippen molar-refractivity contribution in [2.75, 3.05) is 10.6 Å². The zero-order valence-electron chi connectivity index (χ0n) is 16.3. The molecule has 30 heavy (non-hydrogen) atoms. The number of imidazole rings is 1. The SMILES string of the molecule is CC1=C(C(=O)Nc2ccccc2)[C@@H](c2cccc(F)c2)n2c(nc3ccccc32)N1. The first-order valence-electron chi connectivity index (χ1n) is 9.68. The van der Waals surface area contributed by atoms with Gasteiger partial charge in [-0.1, -0.05) is 42.5 Å². The van der Waals surface area contributed by atoms with Crippen molar-refractivity contribution in [3.8, 4) is 0 Å². The maximum absolute atomic E-state index is 14.2. The Kier molecular flexibility index (Phi) is 4.32. The van der Waals surface area contributed by atoms with Crippen LogP contribution in [0.4, 0.5) is 16.0 Å². The molecule has 0 aliphatic carbocycles. The summed E-state index contributed by atoms with van der Waals surface area (Å²) >= 11 is 0. The molecule has 6 heteroatoms. The lowest BCUT2D eigenvalue weighted by Crippen LogP contribution is -2.31. The largest absolute Gasteiger partial charge is 0.329 e. The van der Waals surface area contributed by atoms with Crippen LogP contribution in [0.3, 0.4) is 0 Å². The summed E-state index contributed by atoms with van der Waals surface area (Å²) in [5.74, 6) is 0.0283. The molecular formula is C24H19FN4O. The molecule has 1 aromatic heterocycles. The Balaban J connectivity index is 1.69. The van der Waals surface area contributed by atoms with Crippen LogP contribution in [0.25, 0.3) is 11.0 Å². The molecule has 5 rings (SSSR count). The molecule has 0 unspecified atom stereocenters. The fourth-order valence-corrected chi connectivity index (χ4v) is 3.97. The van der Waals surface area contributed by atoms with Crippen LogP contribution < -0.4 is 10.6 Å². The Morgan fingerprint density at radius 2 is 1.80 bits per heavy atom. The zero-order valence-corrected chi connectivity index (χ0v) is 16.3. The topological polar surface area (TPSA) is 59.0 Å². The number of allylic oxidation sites excluding steroid dienone is 1. The van der Waals surface area contributed by atoms with Gasteiger partial charge in [-0.15, -0.1) is 0 Å². The highest BCUT2D eigenvalue weighted by Crippen LogP contribution is 2.39.